The standard InChI is InChI=1S/C28H29N5O3/c1-17-3-6-22(27(34)33-15-23(16-33)20-7-4-19(14-29)5-8-20)13-24(17)25-18(2)30-26(31-25)21-9-11-32(12-10-21)28(35)36/h3-8,13,21,23H,9-12,15-16H2,1-2H3,(H,30,31)(H,35,36). The van der Waals surface area contributed by atoms with Crippen LogP contribution in [-0.2, 0) is 0 Å². The lowest BCUT2D eigenvalue weighted by Gasteiger charge is -2.39. The van der Waals surface area contributed by atoms with Crippen molar-refractivity contribution in [3.8, 4) is 17.3 Å². The summed E-state index contributed by atoms with van der Waals surface area (Å²) in [7, 11) is 0. The number of carbonyl (C=O) groups is 2. The van der Waals surface area contributed by atoms with Gasteiger partial charge in [0, 0.05) is 54.8 Å². The third-order valence-electron chi connectivity index (χ3n) is 7.47. The molecule has 0 atom stereocenters. The smallest absolute Gasteiger partial charge is 0.407 e. The zero-order chi connectivity index (χ0) is 25.4. The Balaban J connectivity index is 1.30. The number of nitriles is 1. The zero-order valence-electron chi connectivity index (χ0n) is 20.5. The Morgan fingerprint density at radius 1 is 1.03 bits per heavy atom. The number of likely N-dealkylation sites (tertiary alicyclic amines) is 2. The molecule has 184 valence electrons. The van der Waals surface area contributed by atoms with Gasteiger partial charge in [-0.15, -0.1) is 0 Å². The van der Waals surface area contributed by atoms with E-state index in [4.69, 9.17) is 10.2 Å². The SMILES string of the molecule is Cc1ccc(C(=O)N2CC(c3ccc(C#N)cc3)C2)cc1-c1nc(C2CCN(C(=O)O)CC2)[nH]c1C. The topological polar surface area (TPSA) is 113 Å². The third kappa shape index (κ3) is 4.44. The number of piperidine rings is 1. The fourth-order valence-electron chi connectivity index (χ4n) is 5.16. The predicted molar refractivity (Wildman–Crippen MR) is 135 cm³/mol. The number of benzene rings is 2. The summed E-state index contributed by atoms with van der Waals surface area (Å²) in [6.07, 6.45) is 0.615. The normalized spacial score (nSPS) is 16.5. The van der Waals surface area contributed by atoms with E-state index in [1.807, 2.05) is 61.2 Å². The van der Waals surface area contributed by atoms with Gasteiger partial charge in [-0.05, 0) is 62.1 Å². The Morgan fingerprint density at radius 3 is 2.36 bits per heavy atom. The molecule has 2 aliphatic rings. The number of carbonyl (C=O) groups excluding carboxylic acids is 1. The molecule has 2 aromatic carbocycles. The minimum absolute atomic E-state index is 0.00981. The third-order valence-corrected chi connectivity index (χ3v) is 7.47. The van der Waals surface area contributed by atoms with E-state index in [0.29, 0.717) is 37.3 Å². The van der Waals surface area contributed by atoms with Gasteiger partial charge in [0.1, 0.15) is 5.82 Å². The van der Waals surface area contributed by atoms with Crippen molar-refractivity contribution in [2.45, 2.75) is 38.5 Å². The van der Waals surface area contributed by atoms with Gasteiger partial charge in [0.2, 0.25) is 0 Å². The van der Waals surface area contributed by atoms with Gasteiger partial charge in [0.15, 0.2) is 0 Å². The Labute approximate surface area is 210 Å². The van der Waals surface area contributed by atoms with Crippen LogP contribution in [0.1, 0.15) is 63.2 Å². The Hall–Kier alpha value is -4.12. The van der Waals surface area contributed by atoms with E-state index >= 15 is 0 Å². The number of amides is 2. The molecule has 5 rings (SSSR count). The number of H-pyrrole nitrogens is 1. The van der Waals surface area contributed by atoms with Gasteiger partial charge in [-0.1, -0.05) is 18.2 Å². The predicted octanol–water partition coefficient (Wildman–Crippen LogP) is 4.66. The molecule has 0 radical (unpaired) electrons. The van der Waals surface area contributed by atoms with Gasteiger partial charge in [-0.25, -0.2) is 9.78 Å². The number of rotatable bonds is 4. The lowest BCUT2D eigenvalue weighted by molar-refractivity contribution is 0.0602. The van der Waals surface area contributed by atoms with Crippen LogP contribution in [0.2, 0.25) is 0 Å². The maximum atomic E-state index is 13.2. The number of aromatic nitrogens is 2. The van der Waals surface area contributed by atoms with Crippen LogP contribution in [-0.4, -0.2) is 63.1 Å². The molecular weight excluding hydrogens is 454 g/mol. The minimum Gasteiger partial charge on any atom is -0.465 e. The summed E-state index contributed by atoms with van der Waals surface area (Å²) < 4.78 is 0. The fourth-order valence-corrected chi connectivity index (χ4v) is 5.16. The van der Waals surface area contributed by atoms with Crippen molar-refractivity contribution < 1.29 is 14.7 Å². The largest absolute Gasteiger partial charge is 0.465 e. The summed E-state index contributed by atoms with van der Waals surface area (Å²) in [6, 6.07) is 15.5. The van der Waals surface area contributed by atoms with Crippen LogP contribution in [0.25, 0.3) is 11.3 Å². The lowest BCUT2D eigenvalue weighted by Crippen LogP contribution is -2.48. The number of aryl methyl sites for hydroxylation is 2. The summed E-state index contributed by atoms with van der Waals surface area (Å²) in [6.45, 7) is 6.36. The van der Waals surface area contributed by atoms with E-state index in [1.165, 1.54) is 4.90 Å². The van der Waals surface area contributed by atoms with Crippen LogP contribution >= 0.6 is 0 Å². The van der Waals surface area contributed by atoms with Gasteiger partial charge >= 0.3 is 6.09 Å². The second-order valence-corrected chi connectivity index (χ2v) is 9.81. The van der Waals surface area contributed by atoms with Crippen LogP contribution in [0.4, 0.5) is 4.79 Å². The number of hydrogen-bond acceptors (Lipinski definition) is 4. The van der Waals surface area contributed by atoms with E-state index in [-0.39, 0.29) is 17.7 Å². The average Bonchev–Trinajstić information content (AvgIpc) is 3.25. The zero-order valence-corrected chi connectivity index (χ0v) is 20.5. The van der Waals surface area contributed by atoms with Crippen LogP contribution < -0.4 is 0 Å². The monoisotopic (exact) mass is 483 g/mol. The summed E-state index contributed by atoms with van der Waals surface area (Å²) in [5.41, 5.74) is 6.21. The maximum absolute atomic E-state index is 13.2. The number of nitrogens with one attached hydrogen (secondary N) is 1. The minimum atomic E-state index is -0.868. The number of hydrogen-bond donors (Lipinski definition) is 2. The van der Waals surface area contributed by atoms with Gasteiger partial charge in [0.05, 0.1) is 17.3 Å². The van der Waals surface area contributed by atoms with Crippen LogP contribution in [0.15, 0.2) is 42.5 Å². The number of aromatic amines is 1. The van der Waals surface area contributed by atoms with Crippen molar-refractivity contribution in [1.29, 1.82) is 5.26 Å². The van der Waals surface area contributed by atoms with Crippen molar-refractivity contribution >= 4 is 12.0 Å². The van der Waals surface area contributed by atoms with Crippen molar-refractivity contribution in [3.63, 3.8) is 0 Å². The van der Waals surface area contributed by atoms with Gasteiger partial charge in [0.25, 0.3) is 5.91 Å². The number of nitrogens with zero attached hydrogens (tertiary/aromatic N) is 4. The van der Waals surface area contributed by atoms with Crippen LogP contribution in [0.5, 0.6) is 0 Å². The summed E-state index contributed by atoms with van der Waals surface area (Å²) >= 11 is 0. The van der Waals surface area contributed by atoms with Gasteiger partial charge < -0.3 is 19.9 Å². The molecule has 8 nitrogen and oxygen atoms in total. The molecule has 2 saturated heterocycles. The average molecular weight is 484 g/mol. The molecule has 2 N–H and O–H groups in total. The van der Waals surface area contributed by atoms with E-state index < -0.39 is 6.09 Å². The highest BCUT2D eigenvalue weighted by atomic mass is 16.4. The molecule has 2 aliphatic heterocycles. The maximum Gasteiger partial charge on any atom is 0.407 e. The first-order valence-electron chi connectivity index (χ1n) is 12.3. The fraction of sp³-hybridized carbons (Fsp3) is 0.357. The molecule has 3 heterocycles. The Kier molecular flexibility index (Phi) is 6.23. The highest BCUT2D eigenvalue weighted by Crippen LogP contribution is 2.33. The van der Waals surface area contributed by atoms with E-state index in [9.17, 15) is 14.7 Å². The highest BCUT2D eigenvalue weighted by Gasteiger charge is 2.32. The Morgan fingerprint density at radius 2 is 1.72 bits per heavy atom. The van der Waals surface area contributed by atoms with Crippen LogP contribution in [0, 0.1) is 25.2 Å². The molecule has 8 heteroatoms. The first kappa shape index (κ1) is 23.6. The second-order valence-electron chi connectivity index (χ2n) is 9.81. The second kappa shape index (κ2) is 9.50. The van der Waals surface area contributed by atoms with Crippen LogP contribution in [0.3, 0.4) is 0 Å². The molecule has 0 bridgehead atoms. The molecular formula is C28H29N5O3. The van der Waals surface area contributed by atoms with Crippen molar-refractivity contribution in [2.75, 3.05) is 26.2 Å². The molecule has 0 unspecified atom stereocenters. The summed E-state index contributed by atoms with van der Waals surface area (Å²) in [5, 5.41) is 18.2. The summed E-state index contributed by atoms with van der Waals surface area (Å²) in [4.78, 5) is 36.1. The molecule has 1 aromatic heterocycles. The first-order valence-corrected chi connectivity index (χ1v) is 12.3. The molecule has 0 aliphatic carbocycles. The van der Waals surface area contributed by atoms with Crippen molar-refractivity contribution in [3.05, 3.63) is 76.2 Å². The van der Waals surface area contributed by atoms with E-state index in [2.05, 4.69) is 11.1 Å². The van der Waals surface area contributed by atoms with E-state index in [1.54, 1.807) is 0 Å². The number of carboxylic acid groups (broad SMARTS) is 1. The summed E-state index contributed by atoms with van der Waals surface area (Å²) in [5.74, 6) is 1.38. The highest BCUT2D eigenvalue weighted by molar-refractivity contribution is 5.96. The quantitative estimate of drug-likeness (QED) is 0.560. The molecule has 2 fully saturated rings. The van der Waals surface area contributed by atoms with Gasteiger partial charge in [-0.2, -0.15) is 5.26 Å². The van der Waals surface area contributed by atoms with E-state index in [0.717, 1.165) is 46.7 Å². The van der Waals surface area contributed by atoms with Gasteiger partial charge in [-0.3, -0.25) is 4.79 Å². The molecule has 36 heavy (non-hydrogen) atoms. The molecule has 3 aromatic rings. The first-order chi connectivity index (χ1) is 17.3. The molecule has 0 spiro atoms. The lowest BCUT2D eigenvalue weighted by atomic mass is 9.90. The van der Waals surface area contributed by atoms with Crippen molar-refractivity contribution in [2.24, 2.45) is 0 Å². The molecule has 2 amide bonds. The Bertz CT molecular complexity index is 1340. The van der Waals surface area contributed by atoms with Crippen molar-refractivity contribution in [1.82, 2.24) is 19.8 Å². The number of imidazole rings is 1. The molecule has 0 saturated carbocycles.